The summed E-state index contributed by atoms with van der Waals surface area (Å²) in [5.41, 5.74) is 0.176. The minimum absolute atomic E-state index is 0.176. The SMILES string of the molecule is C=C(C)C(=O)O.CC(O)(O)CO. The van der Waals surface area contributed by atoms with Crippen molar-refractivity contribution in [3.63, 3.8) is 0 Å². The van der Waals surface area contributed by atoms with Crippen LogP contribution in [-0.4, -0.2) is 38.8 Å². The van der Waals surface area contributed by atoms with Gasteiger partial charge in [-0.3, -0.25) is 0 Å². The fourth-order valence-corrected chi connectivity index (χ4v) is 0. The number of aliphatic carboxylic acids is 1. The molecule has 0 unspecified atom stereocenters. The van der Waals surface area contributed by atoms with Crippen LogP contribution in [0.3, 0.4) is 0 Å². The molecule has 0 aliphatic carbocycles. The molecule has 0 aromatic rings. The predicted molar refractivity (Wildman–Crippen MR) is 42.4 cm³/mol. The third-order valence-corrected chi connectivity index (χ3v) is 0.665. The molecule has 0 bridgehead atoms. The van der Waals surface area contributed by atoms with Crippen LogP contribution in [0, 0.1) is 0 Å². The summed E-state index contributed by atoms with van der Waals surface area (Å²) < 4.78 is 0. The summed E-state index contributed by atoms with van der Waals surface area (Å²) in [5, 5.41) is 32.1. The monoisotopic (exact) mass is 178 g/mol. The number of carbonyl (C=O) groups is 1. The maximum atomic E-state index is 9.60. The Morgan fingerprint density at radius 1 is 1.50 bits per heavy atom. The lowest BCUT2D eigenvalue weighted by molar-refractivity contribution is -0.171. The predicted octanol–water partition coefficient (Wildman–Crippen LogP) is -0.673. The average Bonchev–Trinajstić information content (AvgIpc) is 1.87. The standard InChI is InChI=1S/C4H6O2.C3H8O3/c1-3(2)4(5)6;1-3(5,6)2-4/h1H2,2H3,(H,5,6);4-6H,2H2,1H3. The van der Waals surface area contributed by atoms with Crippen LogP contribution in [0.2, 0.25) is 0 Å². The molecule has 0 atom stereocenters. The minimum Gasteiger partial charge on any atom is -0.478 e. The van der Waals surface area contributed by atoms with E-state index in [9.17, 15) is 4.79 Å². The molecule has 4 N–H and O–H groups in total. The van der Waals surface area contributed by atoms with Crippen LogP contribution in [0.4, 0.5) is 0 Å². The molecule has 0 saturated carbocycles. The molecule has 72 valence electrons. The van der Waals surface area contributed by atoms with Crippen molar-refractivity contribution in [2.45, 2.75) is 19.6 Å². The van der Waals surface area contributed by atoms with E-state index < -0.39 is 18.4 Å². The van der Waals surface area contributed by atoms with Gasteiger partial charge in [-0.1, -0.05) is 6.58 Å². The highest BCUT2D eigenvalue weighted by atomic mass is 16.5. The Morgan fingerprint density at radius 2 is 1.67 bits per heavy atom. The Kier molecular flexibility index (Phi) is 6.49. The Hall–Kier alpha value is -0.910. The highest BCUT2D eigenvalue weighted by Gasteiger charge is 2.10. The summed E-state index contributed by atoms with van der Waals surface area (Å²) in [5.74, 6) is -2.84. The molecule has 0 spiro atoms. The van der Waals surface area contributed by atoms with Crippen LogP contribution in [-0.2, 0) is 4.79 Å². The summed E-state index contributed by atoms with van der Waals surface area (Å²) in [6, 6.07) is 0. The molecule has 0 aliphatic heterocycles. The van der Waals surface area contributed by atoms with Gasteiger partial charge in [-0.05, 0) is 13.8 Å². The van der Waals surface area contributed by atoms with Crippen LogP contribution in [0.25, 0.3) is 0 Å². The molecule has 5 heteroatoms. The van der Waals surface area contributed by atoms with Gasteiger partial charge in [0.25, 0.3) is 0 Å². The molecule has 0 amide bonds. The number of aliphatic hydroxyl groups is 3. The zero-order chi connectivity index (χ0) is 10.4. The van der Waals surface area contributed by atoms with Gasteiger partial charge in [-0.25, -0.2) is 4.79 Å². The van der Waals surface area contributed by atoms with Crippen molar-refractivity contribution in [1.82, 2.24) is 0 Å². The number of carboxylic acids is 1. The van der Waals surface area contributed by atoms with Crippen molar-refractivity contribution >= 4 is 5.97 Å². The van der Waals surface area contributed by atoms with Gasteiger partial charge in [0, 0.05) is 5.57 Å². The van der Waals surface area contributed by atoms with Gasteiger partial charge in [0.1, 0.15) is 0 Å². The molecular weight excluding hydrogens is 164 g/mol. The third-order valence-electron chi connectivity index (χ3n) is 0.665. The second-order valence-corrected chi connectivity index (χ2v) is 2.46. The quantitative estimate of drug-likeness (QED) is 0.332. The number of aliphatic hydroxyl groups excluding tert-OH is 1. The number of hydrogen-bond acceptors (Lipinski definition) is 4. The summed E-state index contributed by atoms with van der Waals surface area (Å²) >= 11 is 0. The van der Waals surface area contributed by atoms with Gasteiger partial charge in [0.2, 0.25) is 0 Å². The molecule has 0 radical (unpaired) electrons. The number of rotatable bonds is 2. The first-order valence-electron chi connectivity index (χ1n) is 3.15. The van der Waals surface area contributed by atoms with E-state index in [2.05, 4.69) is 6.58 Å². The summed E-state index contributed by atoms with van der Waals surface area (Å²) in [6.45, 7) is 5.09. The fourth-order valence-electron chi connectivity index (χ4n) is 0. The first-order chi connectivity index (χ1) is 5.20. The van der Waals surface area contributed by atoms with E-state index in [1.807, 2.05) is 0 Å². The maximum Gasteiger partial charge on any atom is 0.330 e. The Balaban J connectivity index is 0. The Morgan fingerprint density at radius 3 is 1.67 bits per heavy atom. The van der Waals surface area contributed by atoms with Crippen LogP contribution in [0.1, 0.15) is 13.8 Å². The van der Waals surface area contributed by atoms with Crippen molar-refractivity contribution in [2.75, 3.05) is 6.61 Å². The van der Waals surface area contributed by atoms with Gasteiger partial charge in [-0.2, -0.15) is 0 Å². The van der Waals surface area contributed by atoms with Crippen molar-refractivity contribution < 1.29 is 25.2 Å². The van der Waals surface area contributed by atoms with E-state index in [4.69, 9.17) is 20.4 Å². The van der Waals surface area contributed by atoms with Gasteiger partial charge in [-0.15, -0.1) is 0 Å². The van der Waals surface area contributed by atoms with E-state index in [0.29, 0.717) is 0 Å². The Labute approximate surface area is 70.6 Å². The van der Waals surface area contributed by atoms with Gasteiger partial charge in [0.05, 0.1) is 6.61 Å². The molecule has 0 fully saturated rings. The first kappa shape index (κ1) is 13.7. The molecule has 12 heavy (non-hydrogen) atoms. The zero-order valence-corrected chi connectivity index (χ0v) is 7.11. The molecular formula is C7H14O5. The lowest BCUT2D eigenvalue weighted by Crippen LogP contribution is -2.27. The molecule has 0 heterocycles. The van der Waals surface area contributed by atoms with Crippen LogP contribution >= 0.6 is 0 Å². The minimum atomic E-state index is -1.90. The summed E-state index contributed by atoms with van der Waals surface area (Å²) in [4.78, 5) is 9.60. The molecule has 5 nitrogen and oxygen atoms in total. The number of hydrogen-bond donors (Lipinski definition) is 4. The smallest absolute Gasteiger partial charge is 0.330 e. The van der Waals surface area contributed by atoms with Gasteiger partial charge >= 0.3 is 5.97 Å². The second-order valence-electron chi connectivity index (χ2n) is 2.46. The topological polar surface area (TPSA) is 98.0 Å². The van der Waals surface area contributed by atoms with E-state index in [0.717, 1.165) is 6.92 Å². The number of carboxylic acid groups (broad SMARTS) is 1. The van der Waals surface area contributed by atoms with Crippen molar-refractivity contribution in [1.29, 1.82) is 0 Å². The van der Waals surface area contributed by atoms with Gasteiger partial charge in [0.15, 0.2) is 5.79 Å². The average molecular weight is 178 g/mol. The highest BCUT2D eigenvalue weighted by Crippen LogP contribution is 1.90. The Bertz CT molecular complexity index is 144. The van der Waals surface area contributed by atoms with Gasteiger partial charge < -0.3 is 20.4 Å². The summed E-state index contributed by atoms with van der Waals surface area (Å²) in [6.07, 6.45) is 0. The van der Waals surface area contributed by atoms with Crippen LogP contribution in [0.5, 0.6) is 0 Å². The summed E-state index contributed by atoms with van der Waals surface area (Å²) in [7, 11) is 0. The molecule has 0 aromatic carbocycles. The van der Waals surface area contributed by atoms with E-state index in [1.54, 1.807) is 0 Å². The maximum absolute atomic E-state index is 9.60. The van der Waals surface area contributed by atoms with Crippen molar-refractivity contribution in [2.24, 2.45) is 0 Å². The van der Waals surface area contributed by atoms with Crippen molar-refractivity contribution in [3.8, 4) is 0 Å². The largest absolute Gasteiger partial charge is 0.478 e. The second kappa shape index (κ2) is 5.70. The molecule has 0 rings (SSSR count). The lowest BCUT2D eigenvalue weighted by atomic mass is 10.4. The van der Waals surface area contributed by atoms with Crippen LogP contribution in [0.15, 0.2) is 12.2 Å². The van der Waals surface area contributed by atoms with Crippen LogP contribution < -0.4 is 0 Å². The van der Waals surface area contributed by atoms with E-state index in [1.165, 1.54) is 6.92 Å². The normalized spacial score (nSPS) is 9.75. The molecule has 0 aliphatic rings. The highest BCUT2D eigenvalue weighted by molar-refractivity contribution is 5.84. The first-order valence-corrected chi connectivity index (χ1v) is 3.15. The van der Waals surface area contributed by atoms with E-state index >= 15 is 0 Å². The lowest BCUT2D eigenvalue weighted by Gasteiger charge is -2.09. The molecule has 0 aromatic heterocycles. The third kappa shape index (κ3) is 16.0. The van der Waals surface area contributed by atoms with Crippen molar-refractivity contribution in [3.05, 3.63) is 12.2 Å². The molecule has 0 saturated heterocycles. The van der Waals surface area contributed by atoms with E-state index in [-0.39, 0.29) is 5.57 Å². The fraction of sp³-hybridized carbons (Fsp3) is 0.571. The zero-order valence-electron chi connectivity index (χ0n) is 7.11.